The number of hydrogen-bond donors (Lipinski definition) is 2. The van der Waals surface area contributed by atoms with E-state index in [-0.39, 0.29) is 0 Å². The lowest BCUT2D eigenvalue weighted by Gasteiger charge is -2.21. The minimum absolute atomic E-state index is 0.312. The van der Waals surface area contributed by atoms with Gasteiger partial charge < -0.3 is 15.0 Å². The molecule has 0 saturated heterocycles. The van der Waals surface area contributed by atoms with Crippen molar-refractivity contribution in [3.8, 4) is 0 Å². The Balaban J connectivity index is 2.18. The second-order valence-electron chi connectivity index (χ2n) is 4.25. The van der Waals surface area contributed by atoms with Crippen LogP contribution in [0.1, 0.15) is 32.1 Å². The second-order valence-corrected chi connectivity index (χ2v) is 5.70. The average molecular weight is 237 g/mol. The first-order valence-electron chi connectivity index (χ1n) is 5.42. The van der Waals surface area contributed by atoms with E-state index in [1.54, 1.807) is 0 Å². The van der Waals surface area contributed by atoms with E-state index in [2.05, 4.69) is 0 Å². The van der Waals surface area contributed by atoms with Crippen LogP contribution in [0.4, 0.5) is 0 Å². The van der Waals surface area contributed by atoms with Gasteiger partial charge in [-0.3, -0.25) is 0 Å². The highest BCUT2D eigenvalue weighted by molar-refractivity contribution is 7.85. The molecule has 1 aliphatic rings. The highest BCUT2D eigenvalue weighted by Gasteiger charge is 2.18. The van der Waals surface area contributed by atoms with Crippen LogP contribution in [0.2, 0.25) is 0 Å². The molecule has 90 valence electrons. The lowest BCUT2D eigenvalue weighted by Crippen LogP contribution is -2.92. The van der Waals surface area contributed by atoms with Crippen molar-refractivity contribution < 1.29 is 23.4 Å². The van der Waals surface area contributed by atoms with E-state index in [9.17, 15) is 18.1 Å². The molecule has 0 aliphatic heterocycles. The first-order valence-corrected chi connectivity index (χ1v) is 7.00. The Morgan fingerprint density at radius 1 is 1.33 bits per heavy atom. The zero-order chi connectivity index (χ0) is 11.3. The van der Waals surface area contributed by atoms with Crippen molar-refractivity contribution >= 4 is 10.1 Å². The summed E-state index contributed by atoms with van der Waals surface area (Å²) in [6.07, 6.45) is 4.89. The minimum atomic E-state index is -4.30. The summed E-state index contributed by atoms with van der Waals surface area (Å²) in [7, 11) is -4.30. The van der Waals surface area contributed by atoms with Crippen LogP contribution in [0, 0.1) is 0 Å². The van der Waals surface area contributed by atoms with Crippen LogP contribution in [0.3, 0.4) is 0 Å². The van der Waals surface area contributed by atoms with Gasteiger partial charge in [-0.25, -0.2) is 8.42 Å². The summed E-state index contributed by atoms with van der Waals surface area (Å²) in [6.45, 7) is 0.312. The molecule has 1 fully saturated rings. The Bertz CT molecular complexity index is 272. The molecule has 0 heterocycles. The zero-order valence-corrected chi connectivity index (χ0v) is 9.58. The van der Waals surface area contributed by atoms with Gasteiger partial charge in [0, 0.05) is 0 Å². The van der Waals surface area contributed by atoms with Crippen molar-refractivity contribution in [2.75, 3.05) is 12.3 Å². The van der Waals surface area contributed by atoms with Crippen LogP contribution in [-0.2, 0) is 10.1 Å². The SMILES string of the molecule is O=S(=O)([O-])C[C@H](O)C[NH2+]C1CCCCC1. The third kappa shape index (κ3) is 6.09. The molecule has 0 unspecified atom stereocenters. The number of quaternary nitrogens is 1. The average Bonchev–Trinajstić information content (AvgIpc) is 2.14. The van der Waals surface area contributed by atoms with Crippen molar-refractivity contribution in [2.24, 2.45) is 0 Å². The van der Waals surface area contributed by atoms with Crippen LogP contribution in [0.15, 0.2) is 0 Å². The number of hydrogen-bond acceptors (Lipinski definition) is 4. The summed E-state index contributed by atoms with van der Waals surface area (Å²) in [5.74, 6) is -0.670. The van der Waals surface area contributed by atoms with Crippen molar-refractivity contribution in [2.45, 2.75) is 44.2 Å². The summed E-state index contributed by atoms with van der Waals surface area (Å²) in [4.78, 5) is 0. The molecule has 5 nitrogen and oxygen atoms in total. The molecule has 1 rings (SSSR count). The van der Waals surface area contributed by atoms with Crippen LogP contribution in [0.25, 0.3) is 0 Å². The summed E-state index contributed by atoms with van der Waals surface area (Å²) in [5.41, 5.74) is 0. The maximum Gasteiger partial charge on any atom is 0.116 e. The Hall–Kier alpha value is -0.170. The van der Waals surface area contributed by atoms with Gasteiger partial charge in [-0.05, 0) is 25.7 Å². The number of rotatable bonds is 5. The minimum Gasteiger partial charge on any atom is -0.748 e. The Morgan fingerprint density at radius 2 is 1.93 bits per heavy atom. The van der Waals surface area contributed by atoms with Crippen molar-refractivity contribution in [3.63, 3.8) is 0 Å². The maximum absolute atomic E-state index is 10.4. The quantitative estimate of drug-likeness (QED) is 0.587. The molecule has 0 aromatic carbocycles. The molecule has 1 atom stereocenters. The summed E-state index contributed by atoms with van der Waals surface area (Å²) in [5, 5.41) is 11.3. The molecule has 0 radical (unpaired) electrons. The smallest absolute Gasteiger partial charge is 0.116 e. The molecule has 0 bridgehead atoms. The van der Waals surface area contributed by atoms with Crippen LogP contribution in [0.5, 0.6) is 0 Å². The van der Waals surface area contributed by atoms with Gasteiger partial charge in [0.15, 0.2) is 0 Å². The Kier molecular flexibility index (Phi) is 4.98. The Labute approximate surface area is 90.6 Å². The Morgan fingerprint density at radius 3 is 2.47 bits per heavy atom. The van der Waals surface area contributed by atoms with Crippen LogP contribution < -0.4 is 5.32 Å². The largest absolute Gasteiger partial charge is 0.748 e. The first kappa shape index (κ1) is 12.9. The van der Waals surface area contributed by atoms with Gasteiger partial charge in [-0.2, -0.15) is 0 Å². The third-order valence-electron chi connectivity index (χ3n) is 2.79. The van der Waals surface area contributed by atoms with Gasteiger partial charge in [0.05, 0.1) is 21.9 Å². The molecule has 0 aromatic rings. The van der Waals surface area contributed by atoms with E-state index in [1.165, 1.54) is 19.3 Å². The van der Waals surface area contributed by atoms with Gasteiger partial charge in [0.2, 0.25) is 0 Å². The molecule has 15 heavy (non-hydrogen) atoms. The molecular weight excluding hydrogens is 218 g/mol. The van der Waals surface area contributed by atoms with Crippen LogP contribution in [-0.4, -0.2) is 42.5 Å². The molecule has 3 N–H and O–H groups in total. The predicted molar refractivity (Wildman–Crippen MR) is 54.2 cm³/mol. The molecular formula is C9H19NO4S. The topological polar surface area (TPSA) is 94.0 Å². The highest BCUT2D eigenvalue weighted by atomic mass is 32.2. The fourth-order valence-corrected chi connectivity index (χ4v) is 2.63. The van der Waals surface area contributed by atoms with Crippen LogP contribution >= 0.6 is 0 Å². The first-order chi connectivity index (χ1) is 6.97. The van der Waals surface area contributed by atoms with E-state index in [0.717, 1.165) is 12.8 Å². The highest BCUT2D eigenvalue weighted by Crippen LogP contribution is 2.14. The maximum atomic E-state index is 10.4. The van der Waals surface area contributed by atoms with E-state index >= 15 is 0 Å². The van der Waals surface area contributed by atoms with E-state index in [4.69, 9.17) is 0 Å². The predicted octanol–water partition coefficient (Wildman–Crippen LogP) is -1.21. The summed E-state index contributed by atoms with van der Waals surface area (Å²) < 4.78 is 31.1. The van der Waals surface area contributed by atoms with Crippen molar-refractivity contribution in [3.05, 3.63) is 0 Å². The zero-order valence-electron chi connectivity index (χ0n) is 8.76. The summed E-state index contributed by atoms with van der Waals surface area (Å²) >= 11 is 0. The van der Waals surface area contributed by atoms with Gasteiger partial charge in [-0.15, -0.1) is 0 Å². The molecule has 0 amide bonds. The second kappa shape index (κ2) is 5.79. The van der Waals surface area contributed by atoms with Gasteiger partial charge >= 0.3 is 0 Å². The fourth-order valence-electron chi connectivity index (χ4n) is 2.02. The molecule has 0 spiro atoms. The van der Waals surface area contributed by atoms with Crippen molar-refractivity contribution in [1.29, 1.82) is 0 Å². The molecule has 1 aliphatic carbocycles. The monoisotopic (exact) mass is 237 g/mol. The normalized spacial score (nSPS) is 21.5. The lowest BCUT2D eigenvalue weighted by atomic mass is 9.95. The van der Waals surface area contributed by atoms with E-state index in [1.807, 2.05) is 5.32 Å². The molecule has 6 heteroatoms. The lowest BCUT2D eigenvalue weighted by molar-refractivity contribution is -0.696. The van der Waals surface area contributed by atoms with Gasteiger partial charge in [0.25, 0.3) is 0 Å². The van der Waals surface area contributed by atoms with E-state index < -0.39 is 22.0 Å². The standard InChI is InChI=1S/C9H19NO4S/c11-9(7-15(12,13)14)6-10-8-4-2-1-3-5-8/h8-11H,1-7H2,(H,12,13,14)/t9-/m1/s1. The fraction of sp³-hybridized carbons (Fsp3) is 1.00. The van der Waals surface area contributed by atoms with E-state index in [0.29, 0.717) is 12.6 Å². The molecule has 0 aromatic heterocycles. The van der Waals surface area contributed by atoms with Crippen molar-refractivity contribution in [1.82, 2.24) is 0 Å². The number of aliphatic hydroxyl groups excluding tert-OH is 1. The number of nitrogens with two attached hydrogens (primary N) is 1. The van der Waals surface area contributed by atoms with Gasteiger partial charge in [0.1, 0.15) is 12.6 Å². The number of aliphatic hydroxyl groups is 1. The van der Waals surface area contributed by atoms with Gasteiger partial charge in [-0.1, -0.05) is 6.42 Å². The molecule has 1 saturated carbocycles. The summed E-state index contributed by atoms with van der Waals surface area (Å²) in [6, 6.07) is 0.489. The third-order valence-corrected chi connectivity index (χ3v) is 3.58.